The van der Waals surface area contributed by atoms with Crippen LogP contribution in [0.2, 0.25) is 0 Å². The van der Waals surface area contributed by atoms with Crippen LogP contribution < -0.4 is 10.6 Å². The van der Waals surface area contributed by atoms with Crippen molar-refractivity contribution in [2.75, 3.05) is 6.61 Å². The van der Waals surface area contributed by atoms with Crippen LogP contribution in [-0.2, 0) is 25.5 Å². The van der Waals surface area contributed by atoms with E-state index in [0.717, 1.165) is 12.8 Å². The van der Waals surface area contributed by atoms with Crippen LogP contribution in [0.25, 0.3) is 0 Å². The average Bonchev–Trinajstić information content (AvgIpc) is 3.29. The highest BCUT2D eigenvalue weighted by molar-refractivity contribution is 15.0. The van der Waals surface area contributed by atoms with Gasteiger partial charge in [0, 0.05) is 43.3 Å². The molecule has 2 fully saturated rings. The highest BCUT2D eigenvalue weighted by Crippen LogP contribution is 2.33. The van der Waals surface area contributed by atoms with Gasteiger partial charge in [-0.1, -0.05) is 43.2 Å². The van der Waals surface area contributed by atoms with Gasteiger partial charge < -0.3 is 15.2 Å². The number of carbonyl (C=O) groups excluding carboxylic acids is 2. The third-order valence-electron chi connectivity index (χ3n) is 6.36. The first-order chi connectivity index (χ1) is 16.3. The number of Topliss-reactive ketones (excluding diaryl/α,β-unsaturated/α-hetero) is 1. The monoisotopic (exact) mass is 700 g/mol. The van der Waals surface area contributed by atoms with Gasteiger partial charge in [0.1, 0.15) is 17.9 Å². The quantitative estimate of drug-likeness (QED) is 0.249. The van der Waals surface area contributed by atoms with Crippen molar-refractivity contribution in [1.82, 2.24) is 10.6 Å². The molecular weight excluding hydrogens is 662 g/mol. The Hall–Kier alpha value is -0.790. The molecule has 0 amide bonds. The lowest BCUT2D eigenvalue weighted by molar-refractivity contribution is -0.146. The third-order valence-corrected chi connectivity index (χ3v) is 6.36. The fourth-order valence-corrected chi connectivity index (χ4v) is 4.40. The Bertz CT molecular complexity index is 736. The van der Waals surface area contributed by atoms with E-state index in [1.807, 2.05) is 30.3 Å². The first-order valence-corrected chi connectivity index (χ1v) is 18.2. The number of fused-ring (bicyclic) bond motifs is 1. The summed E-state index contributed by atoms with van der Waals surface area (Å²) in [6, 6.07) is 9.39. The van der Waals surface area contributed by atoms with Crippen LogP contribution in [0.1, 0.15) is 64.9 Å². The lowest BCUT2D eigenvalue weighted by Gasteiger charge is -2.24. The summed E-state index contributed by atoms with van der Waals surface area (Å²) in [7, 11) is 0. The lowest BCUT2D eigenvalue weighted by atomic mass is 9.85. The fraction of sp³-hybridized carbons (Fsp3) is 0.640. The maximum Gasteiger partial charge on any atom is 0.323 e. The Labute approximate surface area is 226 Å². The molecule has 192 valence electrons. The molecule has 0 radical (unpaired) electrons. The number of hydrogen-bond donors (Lipinski definition) is 3. The second-order valence-corrected chi connectivity index (χ2v) is 8.77. The molecule has 7 nitrogen and oxygen atoms in total. The Kier molecular flexibility index (Phi) is 16.2. The second-order valence-electron chi connectivity index (χ2n) is 8.77. The van der Waals surface area contributed by atoms with Crippen LogP contribution >= 0.6 is 37.2 Å². The highest BCUT2D eigenvalue weighted by atomic mass is 128. The van der Waals surface area contributed by atoms with Gasteiger partial charge in [-0.05, 0) is 64.4 Å². The number of carboxylic acid groups (broad SMARTS) is 1. The van der Waals surface area contributed by atoms with Crippen molar-refractivity contribution in [2.24, 2.45) is 5.92 Å². The van der Waals surface area contributed by atoms with Crippen molar-refractivity contribution in [3.05, 3.63) is 35.9 Å². The van der Waals surface area contributed by atoms with Gasteiger partial charge in [0.15, 0.2) is 0 Å². The van der Waals surface area contributed by atoms with E-state index in [1.54, 1.807) is 13.8 Å². The third kappa shape index (κ3) is 11.3. The van der Waals surface area contributed by atoms with E-state index in [2.05, 4.69) is 47.9 Å². The molecule has 34 heavy (non-hydrogen) atoms. The second kappa shape index (κ2) is 17.6. The number of ether oxygens (including phenoxy) is 1. The van der Waals surface area contributed by atoms with Crippen molar-refractivity contribution in [2.45, 2.75) is 89.9 Å². The number of hydrogen-bond acceptors (Lipinski definition) is 6. The predicted molar refractivity (Wildman–Crippen MR) is 151 cm³/mol. The van der Waals surface area contributed by atoms with E-state index < -0.39 is 12.0 Å². The predicted octanol–water partition coefficient (Wildman–Crippen LogP) is 4.88. The zero-order valence-corrected chi connectivity index (χ0v) is 24.6. The molecule has 0 aromatic heterocycles. The first-order valence-electron chi connectivity index (χ1n) is 11.9. The molecule has 3 rings (SSSR count). The van der Waals surface area contributed by atoms with Crippen molar-refractivity contribution < 1.29 is 24.2 Å². The topological polar surface area (TPSA) is 105 Å². The number of ketones is 1. The van der Waals surface area contributed by atoms with E-state index in [-0.39, 0.29) is 23.8 Å². The standard InChI is InChI=1S/C16H23NO3.C9H15NO2.I2/c1-4-20-16(19)15(17-12(2)13(3)18)11-10-14-8-6-5-7-9-14;11-9(12)8-5-6-3-1-2-4-7(6)10-8;1-2/h5-9,12,15,17H,4,10-11H2,1-3H3;6-8,10H,1-5H2,(H,11,12);/t12-,15+;6?,7?,8-;/m00./s1. The molecule has 1 aromatic rings. The van der Waals surface area contributed by atoms with Crippen LogP contribution in [0.15, 0.2) is 30.3 Å². The number of aliphatic carboxylic acids is 1. The SMILES string of the molecule is CCOC(=O)[C@@H](CCc1ccccc1)N[C@@H](C)C(C)=O.II.O=C(O)[C@@H]1CC2CCCCC2N1. The number of carbonyl (C=O) groups is 3. The summed E-state index contributed by atoms with van der Waals surface area (Å²) in [5, 5.41) is 15.0. The average molecular weight is 700 g/mol. The minimum absolute atomic E-state index is 0.0130. The minimum Gasteiger partial charge on any atom is -0.480 e. The first kappa shape index (κ1) is 31.2. The van der Waals surface area contributed by atoms with Gasteiger partial charge in [0.2, 0.25) is 0 Å². The summed E-state index contributed by atoms with van der Waals surface area (Å²) in [5.74, 6) is -0.320. The van der Waals surface area contributed by atoms with Gasteiger partial charge in [0.05, 0.1) is 12.6 Å². The van der Waals surface area contributed by atoms with Gasteiger partial charge in [-0.3, -0.25) is 19.7 Å². The van der Waals surface area contributed by atoms with E-state index in [0.29, 0.717) is 25.0 Å². The van der Waals surface area contributed by atoms with Crippen LogP contribution in [0, 0.1) is 5.92 Å². The maximum atomic E-state index is 11.9. The molecule has 5 atom stereocenters. The Morgan fingerprint density at radius 1 is 1.18 bits per heavy atom. The number of carboxylic acids is 1. The van der Waals surface area contributed by atoms with Crippen molar-refractivity contribution in [3.63, 3.8) is 0 Å². The summed E-state index contributed by atoms with van der Waals surface area (Å²) in [6.45, 7) is 5.39. The minimum atomic E-state index is -0.676. The van der Waals surface area contributed by atoms with Gasteiger partial charge in [0.25, 0.3) is 0 Å². The summed E-state index contributed by atoms with van der Waals surface area (Å²) in [5.41, 5.74) is 1.17. The lowest BCUT2D eigenvalue weighted by Crippen LogP contribution is -2.46. The number of benzene rings is 1. The zero-order chi connectivity index (χ0) is 25.5. The number of rotatable bonds is 9. The van der Waals surface area contributed by atoms with Gasteiger partial charge in [-0.25, -0.2) is 0 Å². The molecule has 1 aliphatic carbocycles. The summed E-state index contributed by atoms with van der Waals surface area (Å²) >= 11 is 4.24. The van der Waals surface area contributed by atoms with Gasteiger partial charge in [-0.2, -0.15) is 0 Å². The fourth-order valence-electron chi connectivity index (χ4n) is 4.40. The zero-order valence-electron chi connectivity index (χ0n) is 20.3. The van der Waals surface area contributed by atoms with Crippen molar-refractivity contribution in [3.8, 4) is 0 Å². The highest BCUT2D eigenvalue weighted by Gasteiger charge is 2.38. The Morgan fingerprint density at radius 2 is 1.82 bits per heavy atom. The van der Waals surface area contributed by atoms with E-state index in [4.69, 9.17) is 9.84 Å². The summed E-state index contributed by atoms with van der Waals surface area (Å²) in [6.07, 6.45) is 7.17. The van der Waals surface area contributed by atoms with Crippen molar-refractivity contribution in [1.29, 1.82) is 0 Å². The molecule has 3 N–H and O–H groups in total. The van der Waals surface area contributed by atoms with Crippen LogP contribution in [-0.4, -0.2) is 53.6 Å². The van der Waals surface area contributed by atoms with Crippen LogP contribution in [0.5, 0.6) is 0 Å². The summed E-state index contributed by atoms with van der Waals surface area (Å²) in [4.78, 5) is 33.9. The molecule has 0 bridgehead atoms. The largest absolute Gasteiger partial charge is 0.480 e. The van der Waals surface area contributed by atoms with Gasteiger partial charge >= 0.3 is 11.9 Å². The molecule has 9 heteroatoms. The summed E-state index contributed by atoms with van der Waals surface area (Å²) < 4.78 is 5.06. The molecule has 0 spiro atoms. The number of nitrogens with one attached hydrogen (secondary N) is 2. The molecule has 1 saturated carbocycles. The van der Waals surface area contributed by atoms with E-state index >= 15 is 0 Å². The van der Waals surface area contributed by atoms with E-state index in [9.17, 15) is 14.4 Å². The molecule has 1 aliphatic heterocycles. The number of aryl methyl sites for hydroxylation is 1. The number of esters is 1. The molecular formula is C25H38I2N2O5. The Morgan fingerprint density at radius 3 is 2.38 bits per heavy atom. The van der Waals surface area contributed by atoms with E-state index in [1.165, 1.54) is 38.2 Å². The molecule has 1 aromatic carbocycles. The van der Waals surface area contributed by atoms with Gasteiger partial charge in [-0.15, -0.1) is 0 Å². The van der Waals surface area contributed by atoms with Crippen molar-refractivity contribution >= 4 is 55.0 Å². The van der Waals surface area contributed by atoms with Crippen LogP contribution in [0.3, 0.4) is 0 Å². The van der Waals surface area contributed by atoms with Crippen LogP contribution in [0.4, 0.5) is 0 Å². The normalized spacial score (nSPS) is 22.6. The smallest absolute Gasteiger partial charge is 0.323 e. The molecule has 1 saturated heterocycles. The molecule has 1 heterocycles. The number of halogens is 2. The molecule has 2 aliphatic rings. The molecule has 2 unspecified atom stereocenters. The Balaban J connectivity index is 0.000000349. The maximum absolute atomic E-state index is 11.9.